The van der Waals surface area contributed by atoms with Crippen molar-refractivity contribution in [3.05, 3.63) is 47.5 Å². The molecule has 0 aliphatic heterocycles. The minimum atomic E-state index is -4.75. The number of halogens is 6. The maximum atomic E-state index is 13.4. The molecule has 4 rings (SSSR count). The highest BCUT2D eigenvalue weighted by Crippen LogP contribution is 2.40. The Kier molecular flexibility index (Phi) is 4.90. The summed E-state index contributed by atoms with van der Waals surface area (Å²) in [6.07, 6.45) is -6.63. The third kappa shape index (κ3) is 4.06. The van der Waals surface area contributed by atoms with Gasteiger partial charge in [0.2, 0.25) is 0 Å². The highest BCUT2D eigenvalue weighted by molar-refractivity contribution is 6.00. The molecule has 3 aromatic heterocycles. The minimum absolute atomic E-state index is 0.130. The van der Waals surface area contributed by atoms with Crippen LogP contribution in [0.3, 0.4) is 0 Å². The SMILES string of the molecule is Cc1cc(-c2cccnc2C(F)(F)F)nc2c(C(=O)N[C@@H](C3CC3)C(F)(F)F)cnn12. The largest absolute Gasteiger partial charge is 0.434 e. The Morgan fingerprint density at radius 2 is 1.94 bits per heavy atom. The van der Waals surface area contributed by atoms with Crippen molar-refractivity contribution in [3.63, 3.8) is 0 Å². The van der Waals surface area contributed by atoms with Gasteiger partial charge >= 0.3 is 12.4 Å². The first kappa shape index (κ1) is 21.1. The third-order valence-electron chi connectivity index (χ3n) is 4.98. The van der Waals surface area contributed by atoms with Crippen molar-refractivity contribution in [2.75, 3.05) is 0 Å². The summed E-state index contributed by atoms with van der Waals surface area (Å²) in [5, 5.41) is 5.93. The van der Waals surface area contributed by atoms with Gasteiger partial charge in [-0.15, -0.1) is 0 Å². The molecule has 0 unspecified atom stereocenters. The van der Waals surface area contributed by atoms with Crippen LogP contribution in [0.25, 0.3) is 16.9 Å². The third-order valence-corrected chi connectivity index (χ3v) is 4.98. The van der Waals surface area contributed by atoms with Crippen molar-refractivity contribution in [2.45, 2.75) is 38.2 Å². The molecule has 12 heteroatoms. The zero-order valence-corrected chi connectivity index (χ0v) is 15.9. The first-order valence-electron chi connectivity index (χ1n) is 9.22. The monoisotopic (exact) mass is 443 g/mol. The van der Waals surface area contributed by atoms with E-state index in [1.165, 1.54) is 29.6 Å². The number of aromatic nitrogens is 4. The Balaban J connectivity index is 1.77. The van der Waals surface area contributed by atoms with Crippen molar-refractivity contribution in [1.82, 2.24) is 24.9 Å². The lowest BCUT2D eigenvalue weighted by Crippen LogP contribution is -2.46. The van der Waals surface area contributed by atoms with Crippen LogP contribution in [0.4, 0.5) is 26.3 Å². The van der Waals surface area contributed by atoms with E-state index in [9.17, 15) is 31.1 Å². The lowest BCUT2D eigenvalue weighted by molar-refractivity contribution is -0.158. The van der Waals surface area contributed by atoms with Gasteiger partial charge in [0, 0.05) is 17.5 Å². The second-order valence-electron chi connectivity index (χ2n) is 7.30. The fourth-order valence-electron chi connectivity index (χ4n) is 3.36. The summed E-state index contributed by atoms with van der Waals surface area (Å²) in [6.45, 7) is 1.53. The van der Waals surface area contributed by atoms with Gasteiger partial charge in [0.05, 0.1) is 11.9 Å². The molecule has 164 valence electrons. The molecule has 0 aromatic carbocycles. The Labute approximate surface area is 171 Å². The molecular formula is C19H15F6N5O. The summed E-state index contributed by atoms with van der Waals surface area (Å²) < 4.78 is 81.0. The highest BCUT2D eigenvalue weighted by Gasteiger charge is 2.50. The number of hydrogen-bond acceptors (Lipinski definition) is 4. The van der Waals surface area contributed by atoms with E-state index in [1.807, 2.05) is 5.32 Å². The lowest BCUT2D eigenvalue weighted by atomic mass is 10.1. The van der Waals surface area contributed by atoms with Crippen LogP contribution in [0, 0.1) is 12.8 Å². The summed E-state index contributed by atoms with van der Waals surface area (Å²) in [7, 11) is 0. The van der Waals surface area contributed by atoms with Crippen LogP contribution in [-0.2, 0) is 6.18 Å². The van der Waals surface area contributed by atoms with Gasteiger partial charge in [0.15, 0.2) is 11.3 Å². The van der Waals surface area contributed by atoms with Gasteiger partial charge in [-0.1, -0.05) is 0 Å². The topological polar surface area (TPSA) is 72.2 Å². The first-order chi connectivity index (χ1) is 14.5. The number of fused-ring (bicyclic) bond motifs is 1. The van der Waals surface area contributed by atoms with Crippen LogP contribution in [0.5, 0.6) is 0 Å². The number of carbonyl (C=O) groups excluding carboxylic acids is 1. The Hall–Kier alpha value is -3.18. The molecule has 0 bridgehead atoms. The van der Waals surface area contributed by atoms with Crippen LogP contribution in [-0.4, -0.2) is 37.7 Å². The van der Waals surface area contributed by atoms with Gasteiger partial charge in [0.1, 0.15) is 11.6 Å². The second kappa shape index (κ2) is 7.20. The van der Waals surface area contributed by atoms with Gasteiger partial charge in [-0.05, 0) is 43.9 Å². The number of alkyl halides is 6. The van der Waals surface area contributed by atoms with Crippen molar-refractivity contribution < 1.29 is 31.1 Å². The Bertz CT molecular complexity index is 1150. The number of aryl methyl sites for hydroxylation is 1. The fourth-order valence-corrected chi connectivity index (χ4v) is 3.36. The van der Waals surface area contributed by atoms with Crippen LogP contribution in [0.15, 0.2) is 30.6 Å². The summed E-state index contributed by atoms with van der Waals surface area (Å²) in [6, 6.07) is 1.81. The van der Waals surface area contributed by atoms with Crippen molar-refractivity contribution in [2.24, 2.45) is 5.92 Å². The predicted octanol–water partition coefficient (Wildman–Crippen LogP) is 4.19. The van der Waals surface area contributed by atoms with E-state index in [2.05, 4.69) is 15.1 Å². The normalized spacial score (nSPS) is 15.8. The maximum absolute atomic E-state index is 13.4. The van der Waals surface area contributed by atoms with E-state index in [1.54, 1.807) is 0 Å². The van der Waals surface area contributed by atoms with E-state index in [4.69, 9.17) is 0 Å². The molecule has 3 heterocycles. The van der Waals surface area contributed by atoms with E-state index in [-0.39, 0.29) is 22.5 Å². The predicted molar refractivity (Wildman–Crippen MR) is 96.0 cm³/mol. The molecule has 3 aromatic rings. The van der Waals surface area contributed by atoms with Crippen LogP contribution < -0.4 is 5.32 Å². The van der Waals surface area contributed by atoms with E-state index in [0.717, 1.165) is 12.4 Å². The summed E-state index contributed by atoms with van der Waals surface area (Å²) in [5.74, 6) is -1.74. The van der Waals surface area contributed by atoms with E-state index < -0.39 is 35.9 Å². The molecule has 1 saturated carbocycles. The molecular weight excluding hydrogens is 428 g/mol. The molecule has 0 radical (unpaired) electrons. The van der Waals surface area contributed by atoms with Crippen LogP contribution in [0.2, 0.25) is 0 Å². The average Bonchev–Trinajstić information content (AvgIpc) is 3.42. The van der Waals surface area contributed by atoms with E-state index in [0.29, 0.717) is 18.5 Å². The standard InChI is InChI=1S/C19H15F6N5O/c1-9-7-13(11-3-2-6-26-15(11)19(23,24)25)28-16-12(8-27-30(9)16)17(31)29-14(10-4-5-10)18(20,21)22/h2-3,6-8,10,14H,4-5H2,1H3,(H,29,31)/t14-/m0/s1. The number of carbonyl (C=O) groups is 1. The maximum Gasteiger partial charge on any atom is 0.434 e. The molecule has 1 amide bonds. The van der Waals surface area contributed by atoms with Gasteiger partial charge < -0.3 is 5.32 Å². The van der Waals surface area contributed by atoms with E-state index >= 15 is 0 Å². The second-order valence-corrected chi connectivity index (χ2v) is 7.30. The number of nitrogens with one attached hydrogen (secondary N) is 1. The summed E-state index contributed by atoms with van der Waals surface area (Å²) in [4.78, 5) is 20.1. The van der Waals surface area contributed by atoms with Gasteiger partial charge in [-0.2, -0.15) is 31.4 Å². The molecule has 1 N–H and O–H groups in total. The summed E-state index contributed by atoms with van der Waals surface area (Å²) >= 11 is 0. The smallest absolute Gasteiger partial charge is 0.340 e. The molecule has 1 aliphatic rings. The Morgan fingerprint density at radius 1 is 1.23 bits per heavy atom. The molecule has 1 atom stereocenters. The molecule has 1 fully saturated rings. The molecule has 0 spiro atoms. The van der Waals surface area contributed by atoms with Gasteiger partial charge in [-0.25, -0.2) is 9.50 Å². The number of pyridine rings is 1. The average molecular weight is 443 g/mol. The number of nitrogens with zero attached hydrogens (tertiary/aromatic N) is 4. The summed E-state index contributed by atoms with van der Waals surface area (Å²) in [5.41, 5.74) is -1.69. The van der Waals surface area contributed by atoms with Crippen molar-refractivity contribution in [1.29, 1.82) is 0 Å². The van der Waals surface area contributed by atoms with Gasteiger partial charge in [0.25, 0.3) is 5.91 Å². The Morgan fingerprint density at radius 3 is 2.55 bits per heavy atom. The van der Waals surface area contributed by atoms with Gasteiger partial charge in [-0.3, -0.25) is 9.78 Å². The first-order valence-corrected chi connectivity index (χ1v) is 9.22. The number of amides is 1. The number of hydrogen-bond donors (Lipinski definition) is 1. The minimum Gasteiger partial charge on any atom is -0.340 e. The molecule has 0 saturated heterocycles. The quantitative estimate of drug-likeness (QED) is 0.614. The van der Waals surface area contributed by atoms with Crippen molar-refractivity contribution in [3.8, 4) is 11.3 Å². The zero-order valence-electron chi connectivity index (χ0n) is 15.9. The van der Waals surface area contributed by atoms with Crippen molar-refractivity contribution >= 4 is 11.6 Å². The van der Waals surface area contributed by atoms with Crippen LogP contribution in [0.1, 0.15) is 34.6 Å². The zero-order chi connectivity index (χ0) is 22.6. The van der Waals surface area contributed by atoms with Crippen LogP contribution >= 0.6 is 0 Å². The lowest BCUT2D eigenvalue weighted by Gasteiger charge is -2.21. The fraction of sp³-hybridized carbons (Fsp3) is 0.368. The molecule has 31 heavy (non-hydrogen) atoms. The number of rotatable bonds is 4. The molecule has 1 aliphatic carbocycles. The highest BCUT2D eigenvalue weighted by atomic mass is 19.4. The molecule has 6 nitrogen and oxygen atoms in total.